The van der Waals surface area contributed by atoms with E-state index in [9.17, 15) is 14.7 Å². The van der Waals surface area contributed by atoms with Crippen molar-refractivity contribution in [2.45, 2.75) is 31.2 Å². The smallest absolute Gasteiger partial charge is 0.327 e. The van der Waals surface area contributed by atoms with Gasteiger partial charge in [0.25, 0.3) is 5.91 Å². The third-order valence-corrected chi connectivity index (χ3v) is 5.42. The van der Waals surface area contributed by atoms with Crippen molar-refractivity contribution in [1.82, 2.24) is 4.90 Å². The zero-order valence-electron chi connectivity index (χ0n) is 11.4. The van der Waals surface area contributed by atoms with Crippen LogP contribution in [-0.4, -0.2) is 46.2 Å². The third kappa shape index (κ3) is 2.93. The highest BCUT2D eigenvalue weighted by atomic mass is 32.2. The van der Waals surface area contributed by atoms with Gasteiger partial charge in [0.1, 0.15) is 11.8 Å². The number of amides is 1. The molecule has 1 aromatic heterocycles. The Morgan fingerprint density at radius 1 is 1.55 bits per heavy atom. The number of aliphatic carboxylic acids is 1. The zero-order valence-corrected chi connectivity index (χ0v) is 13.0. The first kappa shape index (κ1) is 15.2. The van der Waals surface area contributed by atoms with Crippen LogP contribution in [0, 0.1) is 0 Å². The first-order chi connectivity index (χ1) is 9.58. The predicted octanol–water partition coefficient (Wildman–Crippen LogP) is 2.53. The largest absolute Gasteiger partial charge is 0.496 e. The fourth-order valence-corrected chi connectivity index (χ4v) is 4.47. The molecule has 1 aliphatic heterocycles. The topological polar surface area (TPSA) is 66.8 Å². The van der Waals surface area contributed by atoms with Crippen LogP contribution in [0.1, 0.15) is 29.4 Å². The molecule has 1 N–H and O–H groups in total. The molecule has 1 saturated heterocycles. The highest BCUT2D eigenvalue weighted by Crippen LogP contribution is 2.35. The molecule has 2 unspecified atom stereocenters. The number of nitrogens with zero attached hydrogens (tertiary/aromatic N) is 1. The van der Waals surface area contributed by atoms with Gasteiger partial charge in [0, 0.05) is 17.2 Å². The fourth-order valence-electron chi connectivity index (χ4n) is 2.16. The van der Waals surface area contributed by atoms with E-state index in [1.54, 1.807) is 30.3 Å². The van der Waals surface area contributed by atoms with Gasteiger partial charge in [-0.05, 0) is 6.42 Å². The molecule has 0 saturated carbocycles. The summed E-state index contributed by atoms with van der Waals surface area (Å²) < 4.78 is 5.07. The molecule has 20 heavy (non-hydrogen) atoms. The number of carbonyl (C=O) groups is 2. The van der Waals surface area contributed by atoms with Gasteiger partial charge in [-0.1, -0.05) is 13.3 Å². The van der Waals surface area contributed by atoms with Crippen molar-refractivity contribution in [3.8, 4) is 5.75 Å². The molecule has 2 heterocycles. The van der Waals surface area contributed by atoms with E-state index in [1.807, 2.05) is 6.92 Å². The highest BCUT2D eigenvalue weighted by molar-refractivity contribution is 8.00. The van der Waals surface area contributed by atoms with Crippen LogP contribution in [0.15, 0.2) is 11.4 Å². The maximum atomic E-state index is 12.6. The summed E-state index contributed by atoms with van der Waals surface area (Å²) >= 11 is 2.83. The molecule has 7 heteroatoms. The fraction of sp³-hybridized carbons (Fsp3) is 0.538. The van der Waals surface area contributed by atoms with Crippen molar-refractivity contribution < 1.29 is 19.4 Å². The molecule has 0 spiro atoms. The Labute approximate surface area is 125 Å². The van der Waals surface area contributed by atoms with E-state index < -0.39 is 12.0 Å². The van der Waals surface area contributed by atoms with E-state index in [4.69, 9.17) is 4.74 Å². The summed E-state index contributed by atoms with van der Waals surface area (Å²) in [5.74, 6) is -0.0694. The summed E-state index contributed by atoms with van der Waals surface area (Å²) in [5, 5.41) is 11.0. The number of rotatable bonds is 5. The molecule has 0 aromatic carbocycles. The minimum atomic E-state index is -0.937. The Bertz CT molecular complexity index is 502. The third-order valence-electron chi connectivity index (χ3n) is 3.17. The van der Waals surface area contributed by atoms with Crippen LogP contribution < -0.4 is 4.74 Å². The first-order valence-electron chi connectivity index (χ1n) is 6.38. The second-order valence-electron chi connectivity index (χ2n) is 4.49. The maximum absolute atomic E-state index is 12.6. The number of ether oxygens (including phenoxy) is 1. The predicted molar refractivity (Wildman–Crippen MR) is 79.6 cm³/mol. The van der Waals surface area contributed by atoms with Crippen LogP contribution in [0.25, 0.3) is 0 Å². The Balaban J connectivity index is 2.24. The summed E-state index contributed by atoms with van der Waals surface area (Å²) in [5.41, 5.74) is 0. The van der Waals surface area contributed by atoms with Crippen LogP contribution >= 0.6 is 23.1 Å². The van der Waals surface area contributed by atoms with Crippen LogP contribution in [0.3, 0.4) is 0 Å². The standard InChI is InChI=1S/C13H17NO4S2/c1-3-4-11-14(9(7-20-11)13(16)17)12(15)10-5-8(18-2)6-19-10/h5-6,9,11H,3-4,7H2,1-2H3,(H,16,17). The van der Waals surface area contributed by atoms with Crippen LogP contribution in [-0.2, 0) is 4.79 Å². The lowest BCUT2D eigenvalue weighted by Crippen LogP contribution is -2.45. The van der Waals surface area contributed by atoms with E-state index in [2.05, 4.69) is 0 Å². The van der Waals surface area contributed by atoms with Crippen molar-refractivity contribution in [2.75, 3.05) is 12.9 Å². The maximum Gasteiger partial charge on any atom is 0.327 e. The molecule has 1 amide bonds. The number of thioether (sulfide) groups is 1. The summed E-state index contributed by atoms with van der Waals surface area (Å²) in [4.78, 5) is 26.0. The highest BCUT2D eigenvalue weighted by Gasteiger charge is 2.41. The quantitative estimate of drug-likeness (QED) is 0.904. The zero-order chi connectivity index (χ0) is 14.7. The lowest BCUT2D eigenvalue weighted by molar-refractivity contribution is -0.141. The average molecular weight is 315 g/mol. The molecule has 0 radical (unpaired) electrons. The molecule has 2 rings (SSSR count). The van der Waals surface area contributed by atoms with E-state index in [0.29, 0.717) is 16.4 Å². The number of carboxylic acids is 1. The van der Waals surface area contributed by atoms with Crippen molar-refractivity contribution in [3.05, 3.63) is 16.3 Å². The molecule has 0 bridgehead atoms. The second kappa shape index (κ2) is 6.49. The summed E-state index contributed by atoms with van der Waals surface area (Å²) in [6.45, 7) is 2.03. The van der Waals surface area contributed by atoms with Gasteiger partial charge in [0.15, 0.2) is 0 Å². The van der Waals surface area contributed by atoms with Gasteiger partial charge in [0.2, 0.25) is 0 Å². The number of carboxylic acid groups (broad SMARTS) is 1. The van der Waals surface area contributed by atoms with E-state index in [-0.39, 0.29) is 11.3 Å². The Morgan fingerprint density at radius 2 is 2.30 bits per heavy atom. The Morgan fingerprint density at radius 3 is 2.85 bits per heavy atom. The minimum Gasteiger partial charge on any atom is -0.496 e. The van der Waals surface area contributed by atoms with E-state index in [1.165, 1.54) is 16.2 Å². The summed E-state index contributed by atoms with van der Waals surface area (Å²) in [6.07, 6.45) is 1.73. The summed E-state index contributed by atoms with van der Waals surface area (Å²) in [7, 11) is 1.54. The van der Waals surface area contributed by atoms with Crippen molar-refractivity contribution in [2.24, 2.45) is 0 Å². The Kier molecular flexibility index (Phi) is 4.93. The second-order valence-corrected chi connectivity index (χ2v) is 6.62. The van der Waals surface area contributed by atoms with Crippen LogP contribution in [0.5, 0.6) is 5.75 Å². The molecule has 5 nitrogen and oxygen atoms in total. The van der Waals surface area contributed by atoms with E-state index in [0.717, 1.165) is 12.8 Å². The average Bonchev–Trinajstić information content (AvgIpc) is 3.04. The molecule has 0 aliphatic carbocycles. The van der Waals surface area contributed by atoms with Crippen LogP contribution in [0.2, 0.25) is 0 Å². The Hall–Kier alpha value is -1.21. The number of hydrogen-bond donors (Lipinski definition) is 1. The van der Waals surface area contributed by atoms with Gasteiger partial charge in [-0.25, -0.2) is 4.79 Å². The molecule has 1 aromatic rings. The molecule has 1 aliphatic rings. The molecule has 110 valence electrons. The van der Waals surface area contributed by atoms with Crippen molar-refractivity contribution >= 4 is 35.0 Å². The lowest BCUT2D eigenvalue weighted by atomic mass is 10.2. The van der Waals surface area contributed by atoms with Gasteiger partial charge in [-0.2, -0.15) is 0 Å². The van der Waals surface area contributed by atoms with Crippen molar-refractivity contribution in [3.63, 3.8) is 0 Å². The lowest BCUT2D eigenvalue weighted by Gasteiger charge is -2.26. The minimum absolute atomic E-state index is 0.0540. The van der Waals surface area contributed by atoms with Gasteiger partial charge in [-0.3, -0.25) is 4.79 Å². The molecule has 2 atom stereocenters. The number of carbonyl (C=O) groups excluding carboxylic acids is 1. The molecular weight excluding hydrogens is 298 g/mol. The SMILES string of the molecule is CCCC1SCC(C(=O)O)N1C(=O)c1cc(OC)cs1. The number of methoxy groups -OCH3 is 1. The molecule has 1 fully saturated rings. The first-order valence-corrected chi connectivity index (χ1v) is 8.31. The monoisotopic (exact) mass is 315 g/mol. The van der Waals surface area contributed by atoms with Gasteiger partial charge in [0.05, 0.1) is 17.4 Å². The van der Waals surface area contributed by atoms with Crippen LogP contribution in [0.4, 0.5) is 0 Å². The number of thiophene rings is 1. The van der Waals surface area contributed by atoms with E-state index >= 15 is 0 Å². The number of hydrogen-bond acceptors (Lipinski definition) is 5. The van der Waals surface area contributed by atoms with Gasteiger partial charge < -0.3 is 14.7 Å². The molecular formula is C13H17NO4S2. The van der Waals surface area contributed by atoms with Gasteiger partial charge in [-0.15, -0.1) is 23.1 Å². The normalized spacial score (nSPS) is 22.0. The summed E-state index contributed by atoms with van der Waals surface area (Å²) in [6, 6.07) is 0.926. The van der Waals surface area contributed by atoms with Gasteiger partial charge >= 0.3 is 5.97 Å². The van der Waals surface area contributed by atoms with Crippen molar-refractivity contribution in [1.29, 1.82) is 0 Å².